The third kappa shape index (κ3) is 3.67. The van der Waals surface area contributed by atoms with Crippen molar-refractivity contribution in [3.8, 4) is 22.6 Å². The molecule has 2 nitrogen and oxygen atoms in total. The predicted molar refractivity (Wildman–Crippen MR) is 197 cm³/mol. The van der Waals surface area contributed by atoms with Crippen LogP contribution in [-0.2, 0) is 0 Å². The van der Waals surface area contributed by atoms with Gasteiger partial charge in [-0.05, 0) is 68.1 Å². The van der Waals surface area contributed by atoms with Gasteiger partial charge in [0.05, 0.1) is 0 Å². The second-order valence-corrected chi connectivity index (χ2v) is 16.7. The normalized spacial score (nSPS) is 25.2. The molecule has 1 fully saturated rings. The van der Waals surface area contributed by atoms with Crippen molar-refractivity contribution in [3.63, 3.8) is 0 Å². The molecule has 2 unspecified atom stereocenters. The largest absolute Gasteiger partial charge is 0.491 e. The minimum Gasteiger partial charge on any atom is -0.491 e. The molecule has 3 aliphatic heterocycles. The maximum absolute atomic E-state index is 16.5. The minimum atomic E-state index is -5.70. The summed E-state index contributed by atoms with van der Waals surface area (Å²) in [4.78, 5) is 1.01. The van der Waals surface area contributed by atoms with Gasteiger partial charge in [0, 0.05) is 32.1 Å². The van der Waals surface area contributed by atoms with E-state index in [-0.39, 0.29) is 35.5 Å². The highest BCUT2D eigenvalue weighted by atomic mass is 32.2. The topological polar surface area (TPSA) is 18.5 Å². The van der Waals surface area contributed by atoms with Crippen molar-refractivity contribution in [2.45, 2.75) is 37.1 Å². The van der Waals surface area contributed by atoms with Crippen molar-refractivity contribution in [3.05, 3.63) is 144 Å². The summed E-state index contributed by atoms with van der Waals surface area (Å²) in [6.07, 6.45) is 0. The van der Waals surface area contributed by atoms with Crippen LogP contribution in [0.3, 0.4) is 0 Å². The van der Waals surface area contributed by atoms with Crippen molar-refractivity contribution >= 4 is 56.2 Å². The average Bonchev–Trinajstić information content (AvgIpc) is 3.72. The van der Waals surface area contributed by atoms with E-state index in [4.69, 9.17) is 9.47 Å². The molecule has 0 radical (unpaired) electrons. The van der Waals surface area contributed by atoms with Gasteiger partial charge in [0.1, 0.15) is 34.2 Å². The van der Waals surface area contributed by atoms with Crippen LogP contribution in [0.5, 0.6) is 11.5 Å². The Morgan fingerprint density at radius 2 is 0.830 bits per heavy atom. The summed E-state index contributed by atoms with van der Waals surface area (Å²) in [5.41, 5.74) is -1.31. The lowest BCUT2D eigenvalue weighted by Crippen LogP contribution is -2.58. The van der Waals surface area contributed by atoms with Crippen molar-refractivity contribution in [2.24, 2.45) is 0 Å². The Labute approximate surface area is 307 Å². The van der Waals surface area contributed by atoms with Crippen LogP contribution in [-0.4, -0.2) is 40.5 Å². The molecule has 1 saturated carbocycles. The highest BCUT2D eigenvalue weighted by Crippen LogP contribution is 2.78. The fourth-order valence-corrected chi connectivity index (χ4v) is 12.5. The Hall–Kier alpha value is -4.80. The number of allylic oxidation sites excluding steroid dienone is 2. The molecule has 11 rings (SSSR count). The first kappa shape index (κ1) is 31.7. The zero-order valence-corrected chi connectivity index (χ0v) is 29.0. The molecule has 2 spiro atoms. The van der Waals surface area contributed by atoms with Crippen LogP contribution < -0.4 is 9.47 Å². The summed E-state index contributed by atoms with van der Waals surface area (Å²) in [5, 5.41) is 3.57. The summed E-state index contributed by atoms with van der Waals surface area (Å²) in [7, 11) is 0. The van der Waals surface area contributed by atoms with Crippen molar-refractivity contribution in [1.29, 1.82) is 0 Å². The first-order valence-electron chi connectivity index (χ1n) is 17.0. The second kappa shape index (κ2) is 10.2. The zero-order chi connectivity index (χ0) is 36.1. The Bertz CT molecular complexity index is 2520. The van der Waals surface area contributed by atoms with Crippen LogP contribution in [0.2, 0.25) is 0 Å². The molecule has 6 aromatic carbocycles. The lowest BCUT2D eigenvalue weighted by Gasteiger charge is -2.50. The molecular formula is C43H24F6O2S2. The first-order valence-corrected chi connectivity index (χ1v) is 18.7. The van der Waals surface area contributed by atoms with Crippen LogP contribution in [0.4, 0.5) is 26.3 Å². The van der Waals surface area contributed by atoms with Crippen molar-refractivity contribution in [1.82, 2.24) is 0 Å². The van der Waals surface area contributed by atoms with Gasteiger partial charge in [-0.3, -0.25) is 0 Å². The van der Waals surface area contributed by atoms with Gasteiger partial charge in [-0.25, -0.2) is 0 Å². The summed E-state index contributed by atoms with van der Waals surface area (Å²) in [6.45, 7) is -0.629. The molecule has 262 valence electrons. The number of benzene rings is 6. The Kier molecular flexibility index (Phi) is 6.12. The number of fused-ring (bicyclic) bond motifs is 12. The molecular weight excluding hydrogens is 727 g/mol. The van der Waals surface area contributed by atoms with Crippen LogP contribution in [0.15, 0.2) is 142 Å². The Morgan fingerprint density at radius 3 is 1.28 bits per heavy atom. The zero-order valence-electron chi connectivity index (χ0n) is 27.4. The average molecular weight is 751 g/mol. The smallest absolute Gasteiger partial charge is 0.380 e. The third-order valence-electron chi connectivity index (χ3n) is 11.4. The van der Waals surface area contributed by atoms with E-state index in [1.54, 1.807) is 48.5 Å². The van der Waals surface area contributed by atoms with Gasteiger partial charge in [-0.2, -0.15) is 26.3 Å². The van der Waals surface area contributed by atoms with Crippen LogP contribution >= 0.6 is 23.5 Å². The SMILES string of the molecule is FC1(F)C2=C3c4ccccc4SC34COc3ccc5ccccc5c3-c3c(ccc5ccccc35)OCC43Sc4ccccc4C3=C2C(F)(F)C1(F)F. The Morgan fingerprint density at radius 1 is 0.434 bits per heavy atom. The highest BCUT2D eigenvalue weighted by Gasteiger charge is 2.85. The van der Waals surface area contributed by atoms with E-state index in [1.165, 1.54) is 23.5 Å². The molecule has 10 heteroatoms. The van der Waals surface area contributed by atoms with E-state index < -0.39 is 38.4 Å². The van der Waals surface area contributed by atoms with Crippen LogP contribution in [0.1, 0.15) is 11.1 Å². The number of ether oxygens (including phenoxy) is 2. The molecule has 0 N–H and O–H groups in total. The number of rotatable bonds is 0. The highest BCUT2D eigenvalue weighted by molar-refractivity contribution is 8.06. The Balaban J connectivity index is 1.29. The molecule has 0 bridgehead atoms. The van der Waals surface area contributed by atoms with Crippen LogP contribution in [0.25, 0.3) is 43.8 Å². The molecule has 3 heterocycles. The molecule has 5 aliphatic rings. The fraction of sp³-hybridized carbons (Fsp3) is 0.163. The lowest BCUT2D eigenvalue weighted by atomic mass is 9.67. The lowest BCUT2D eigenvalue weighted by molar-refractivity contribution is -0.257. The molecule has 6 aromatic rings. The molecule has 0 aromatic heterocycles. The maximum atomic E-state index is 16.5. The second-order valence-electron chi connectivity index (χ2n) is 14.0. The monoisotopic (exact) mass is 750 g/mol. The quantitative estimate of drug-likeness (QED) is 0.144. The predicted octanol–water partition coefficient (Wildman–Crippen LogP) is 12.0. The fourth-order valence-electron chi connectivity index (χ4n) is 9.12. The van der Waals surface area contributed by atoms with Crippen molar-refractivity contribution < 1.29 is 35.8 Å². The number of hydrogen-bond donors (Lipinski definition) is 0. The molecule has 2 aliphatic carbocycles. The summed E-state index contributed by atoms with van der Waals surface area (Å²) >= 11 is 2.40. The number of hydrogen-bond acceptors (Lipinski definition) is 4. The van der Waals surface area contributed by atoms with Gasteiger partial charge in [-0.1, -0.05) is 97.1 Å². The molecule has 0 saturated heterocycles. The third-order valence-corrected chi connectivity index (χ3v) is 14.7. The van der Waals surface area contributed by atoms with Gasteiger partial charge < -0.3 is 9.47 Å². The first-order chi connectivity index (χ1) is 25.5. The van der Waals surface area contributed by atoms with Gasteiger partial charge >= 0.3 is 17.8 Å². The molecule has 2 atom stereocenters. The number of thioether (sulfide) groups is 2. The molecule has 53 heavy (non-hydrogen) atoms. The van der Waals surface area contributed by atoms with Crippen molar-refractivity contribution in [2.75, 3.05) is 13.2 Å². The molecule has 0 amide bonds. The van der Waals surface area contributed by atoms with E-state index in [9.17, 15) is 0 Å². The van der Waals surface area contributed by atoms with E-state index >= 15 is 26.3 Å². The van der Waals surface area contributed by atoms with Crippen LogP contribution in [0, 0.1) is 0 Å². The summed E-state index contributed by atoms with van der Waals surface area (Å²) < 4.78 is 109. The number of alkyl halides is 6. The van der Waals surface area contributed by atoms with Gasteiger partial charge in [0.15, 0.2) is 0 Å². The van der Waals surface area contributed by atoms with Gasteiger partial charge in [0.2, 0.25) is 0 Å². The van der Waals surface area contributed by atoms with E-state index in [0.717, 1.165) is 32.7 Å². The maximum Gasteiger partial charge on any atom is 0.380 e. The van der Waals surface area contributed by atoms with E-state index in [1.807, 2.05) is 72.8 Å². The van der Waals surface area contributed by atoms with E-state index in [0.29, 0.717) is 21.3 Å². The summed E-state index contributed by atoms with van der Waals surface area (Å²) in [6, 6.07) is 36.3. The minimum absolute atomic E-state index is 0.207. The van der Waals surface area contributed by atoms with Gasteiger partial charge in [-0.15, -0.1) is 23.5 Å². The van der Waals surface area contributed by atoms with E-state index in [2.05, 4.69) is 0 Å². The standard InChI is InChI=1S/C43H24F6O2S2/c44-41(45)37-35-27-13-5-7-15-31(27)52-39(35)21-50-29-19-17-23-9-1-3-11-25(23)33(29)34-26-12-4-2-10-24(26)18-20-30(34)51-22-40(39)36(28-14-6-8-16-32(28)53-40)38(37)42(46,47)43(41,48)49/h1-20H,21-22H2. The number of halogens is 6. The van der Waals surface area contributed by atoms with Gasteiger partial charge in [0.25, 0.3) is 0 Å². The summed E-state index contributed by atoms with van der Waals surface area (Å²) in [5.74, 6) is -15.3.